The van der Waals surface area contributed by atoms with Crippen LogP contribution in [0.1, 0.15) is 33.6 Å². The van der Waals surface area contributed by atoms with E-state index in [2.05, 4.69) is 40.0 Å². The van der Waals surface area contributed by atoms with Gasteiger partial charge in [-0.1, -0.05) is 23.8 Å². The Morgan fingerprint density at radius 1 is 1.36 bits per heavy atom. The lowest BCUT2D eigenvalue weighted by molar-refractivity contribution is 0.0181. The highest BCUT2D eigenvalue weighted by molar-refractivity contribution is 4.99. The summed E-state index contributed by atoms with van der Waals surface area (Å²) in [6, 6.07) is 0. The van der Waals surface area contributed by atoms with Gasteiger partial charge in [0.25, 0.3) is 0 Å². The summed E-state index contributed by atoms with van der Waals surface area (Å²) >= 11 is 0. The van der Waals surface area contributed by atoms with E-state index in [-0.39, 0.29) is 5.60 Å². The first-order valence-corrected chi connectivity index (χ1v) is 5.06. The molecule has 80 valence electrons. The molecule has 0 aromatic carbocycles. The zero-order chi connectivity index (χ0) is 11.0. The Kier molecular flexibility index (Phi) is 6.22. The SMILES string of the molecule is C=CCOC(C)(C=C)CCC=C(C)C. The fourth-order valence-corrected chi connectivity index (χ4v) is 1.13. The van der Waals surface area contributed by atoms with E-state index >= 15 is 0 Å². The fraction of sp³-hybridized carbons (Fsp3) is 0.538. The quantitative estimate of drug-likeness (QED) is 0.559. The van der Waals surface area contributed by atoms with E-state index in [0.29, 0.717) is 6.61 Å². The van der Waals surface area contributed by atoms with Crippen LogP contribution in [0.5, 0.6) is 0 Å². The Bertz CT molecular complexity index is 211. The van der Waals surface area contributed by atoms with Crippen molar-refractivity contribution in [3.8, 4) is 0 Å². The van der Waals surface area contributed by atoms with E-state index in [1.165, 1.54) is 5.57 Å². The maximum Gasteiger partial charge on any atom is 0.0839 e. The van der Waals surface area contributed by atoms with Gasteiger partial charge in [-0.2, -0.15) is 0 Å². The van der Waals surface area contributed by atoms with E-state index in [1.807, 2.05) is 6.08 Å². The smallest absolute Gasteiger partial charge is 0.0839 e. The predicted molar refractivity (Wildman–Crippen MR) is 63.4 cm³/mol. The molecule has 0 radical (unpaired) electrons. The Morgan fingerprint density at radius 3 is 2.43 bits per heavy atom. The van der Waals surface area contributed by atoms with Crippen LogP contribution in [0.15, 0.2) is 37.0 Å². The average Bonchev–Trinajstić information content (AvgIpc) is 2.14. The van der Waals surface area contributed by atoms with E-state index in [4.69, 9.17) is 4.74 Å². The molecule has 0 aliphatic heterocycles. The van der Waals surface area contributed by atoms with Crippen LogP contribution in [0.25, 0.3) is 0 Å². The van der Waals surface area contributed by atoms with E-state index in [1.54, 1.807) is 6.08 Å². The first-order chi connectivity index (χ1) is 6.54. The molecule has 0 heterocycles. The molecular formula is C13H22O. The van der Waals surface area contributed by atoms with Crippen molar-refractivity contribution < 1.29 is 4.74 Å². The minimum Gasteiger partial charge on any atom is -0.367 e. The molecule has 1 nitrogen and oxygen atoms in total. The molecule has 0 spiro atoms. The molecular weight excluding hydrogens is 172 g/mol. The van der Waals surface area contributed by atoms with Crippen LogP contribution in [-0.4, -0.2) is 12.2 Å². The Balaban J connectivity index is 4.04. The van der Waals surface area contributed by atoms with Crippen molar-refractivity contribution in [3.63, 3.8) is 0 Å². The molecule has 14 heavy (non-hydrogen) atoms. The van der Waals surface area contributed by atoms with Gasteiger partial charge in [0, 0.05) is 0 Å². The molecule has 0 aromatic heterocycles. The third-order valence-corrected chi connectivity index (χ3v) is 2.16. The predicted octanol–water partition coefficient (Wildman–Crippen LogP) is 3.88. The lowest BCUT2D eigenvalue weighted by Gasteiger charge is -2.25. The number of hydrogen-bond donors (Lipinski definition) is 0. The van der Waals surface area contributed by atoms with Crippen molar-refractivity contribution in [1.29, 1.82) is 0 Å². The minimum absolute atomic E-state index is 0.222. The second kappa shape index (κ2) is 6.61. The summed E-state index contributed by atoms with van der Waals surface area (Å²) in [5.41, 5.74) is 1.13. The Labute approximate surface area is 88.2 Å². The lowest BCUT2D eigenvalue weighted by Crippen LogP contribution is -2.25. The maximum absolute atomic E-state index is 5.64. The van der Waals surface area contributed by atoms with Gasteiger partial charge in [0.2, 0.25) is 0 Å². The van der Waals surface area contributed by atoms with Gasteiger partial charge in [0.15, 0.2) is 0 Å². The summed E-state index contributed by atoms with van der Waals surface area (Å²) in [5, 5.41) is 0. The number of hydrogen-bond acceptors (Lipinski definition) is 1. The van der Waals surface area contributed by atoms with Crippen LogP contribution in [0.2, 0.25) is 0 Å². The van der Waals surface area contributed by atoms with Crippen LogP contribution < -0.4 is 0 Å². The third-order valence-electron chi connectivity index (χ3n) is 2.16. The highest BCUT2D eigenvalue weighted by atomic mass is 16.5. The van der Waals surface area contributed by atoms with Crippen molar-refractivity contribution in [1.82, 2.24) is 0 Å². The molecule has 0 saturated carbocycles. The molecule has 1 atom stereocenters. The second-order valence-electron chi connectivity index (χ2n) is 3.94. The monoisotopic (exact) mass is 194 g/mol. The average molecular weight is 194 g/mol. The normalized spacial score (nSPS) is 14.2. The molecule has 0 aromatic rings. The van der Waals surface area contributed by atoms with Gasteiger partial charge in [-0.05, 0) is 33.6 Å². The highest BCUT2D eigenvalue weighted by Gasteiger charge is 2.18. The fourth-order valence-electron chi connectivity index (χ4n) is 1.13. The second-order valence-corrected chi connectivity index (χ2v) is 3.94. The molecule has 0 bridgehead atoms. The molecule has 0 amide bonds. The van der Waals surface area contributed by atoms with Crippen molar-refractivity contribution in [2.24, 2.45) is 0 Å². The molecule has 0 fully saturated rings. The summed E-state index contributed by atoms with van der Waals surface area (Å²) < 4.78 is 5.64. The van der Waals surface area contributed by atoms with Crippen LogP contribution in [0, 0.1) is 0 Å². The topological polar surface area (TPSA) is 9.23 Å². The zero-order valence-electron chi connectivity index (χ0n) is 9.68. The van der Waals surface area contributed by atoms with Crippen molar-refractivity contribution in [2.45, 2.75) is 39.2 Å². The molecule has 1 heteroatoms. The standard InChI is InChI=1S/C13H22O/c1-6-11-14-13(5,7-2)10-8-9-12(3)4/h6-7,9H,1-2,8,10-11H2,3-5H3. The van der Waals surface area contributed by atoms with Crippen LogP contribution >= 0.6 is 0 Å². The summed E-state index contributed by atoms with van der Waals surface area (Å²) in [7, 11) is 0. The third kappa shape index (κ3) is 5.76. The largest absolute Gasteiger partial charge is 0.367 e. The van der Waals surface area contributed by atoms with Crippen molar-refractivity contribution in [3.05, 3.63) is 37.0 Å². The first kappa shape index (κ1) is 13.2. The van der Waals surface area contributed by atoms with Crippen LogP contribution in [0.3, 0.4) is 0 Å². The molecule has 0 aliphatic carbocycles. The van der Waals surface area contributed by atoms with Crippen LogP contribution in [-0.2, 0) is 4.74 Å². The van der Waals surface area contributed by atoms with Crippen molar-refractivity contribution >= 4 is 0 Å². The van der Waals surface area contributed by atoms with Gasteiger partial charge in [-0.15, -0.1) is 13.2 Å². The molecule has 0 aliphatic rings. The van der Waals surface area contributed by atoms with E-state index in [9.17, 15) is 0 Å². The summed E-state index contributed by atoms with van der Waals surface area (Å²) in [6.45, 7) is 14.3. The van der Waals surface area contributed by atoms with Crippen LogP contribution in [0.4, 0.5) is 0 Å². The number of allylic oxidation sites excluding steroid dienone is 2. The summed E-state index contributed by atoms with van der Waals surface area (Å²) in [6.07, 6.45) is 7.86. The van der Waals surface area contributed by atoms with Crippen molar-refractivity contribution in [2.75, 3.05) is 6.61 Å². The van der Waals surface area contributed by atoms with Gasteiger partial charge < -0.3 is 4.74 Å². The maximum atomic E-state index is 5.64. The molecule has 1 unspecified atom stereocenters. The minimum atomic E-state index is -0.222. The lowest BCUT2D eigenvalue weighted by atomic mass is 9.99. The highest BCUT2D eigenvalue weighted by Crippen LogP contribution is 2.19. The molecule has 0 rings (SSSR count). The Morgan fingerprint density at radius 2 is 2.00 bits per heavy atom. The molecule has 0 N–H and O–H groups in total. The number of ether oxygens (including phenoxy) is 1. The van der Waals surface area contributed by atoms with E-state index in [0.717, 1.165) is 12.8 Å². The molecule has 0 saturated heterocycles. The summed E-state index contributed by atoms with van der Waals surface area (Å²) in [4.78, 5) is 0. The van der Waals surface area contributed by atoms with Gasteiger partial charge in [-0.25, -0.2) is 0 Å². The van der Waals surface area contributed by atoms with E-state index < -0.39 is 0 Å². The van der Waals surface area contributed by atoms with Gasteiger partial charge in [-0.3, -0.25) is 0 Å². The first-order valence-electron chi connectivity index (χ1n) is 5.06. The van der Waals surface area contributed by atoms with Gasteiger partial charge >= 0.3 is 0 Å². The van der Waals surface area contributed by atoms with Gasteiger partial charge in [0.1, 0.15) is 0 Å². The van der Waals surface area contributed by atoms with Gasteiger partial charge in [0.05, 0.1) is 12.2 Å². The number of rotatable bonds is 7. The zero-order valence-corrected chi connectivity index (χ0v) is 9.68. The Hall–Kier alpha value is -0.820. The summed E-state index contributed by atoms with van der Waals surface area (Å²) in [5.74, 6) is 0.